The van der Waals surface area contributed by atoms with Gasteiger partial charge >= 0.3 is 5.56 Å². The molecule has 0 saturated carbocycles. The molecule has 1 saturated heterocycles. The molecule has 3 aromatic rings. The number of pyridine rings is 1. The lowest BCUT2D eigenvalue weighted by Crippen LogP contribution is -2.50. The number of hydrogen-bond donors (Lipinski definition) is 0. The van der Waals surface area contributed by atoms with E-state index in [0.717, 1.165) is 28.1 Å². The molecule has 1 atom stereocenters. The number of fused-ring (bicyclic) bond motifs is 1. The molecule has 1 fully saturated rings. The van der Waals surface area contributed by atoms with Crippen LogP contribution in [0.4, 0.5) is 14.5 Å². The van der Waals surface area contributed by atoms with Crippen LogP contribution < -0.4 is 15.2 Å². The van der Waals surface area contributed by atoms with Crippen molar-refractivity contribution in [3.8, 4) is 11.4 Å². The Morgan fingerprint density at radius 3 is 2.41 bits per heavy atom. The first-order chi connectivity index (χ1) is 17.6. The highest BCUT2D eigenvalue weighted by Crippen LogP contribution is 2.31. The number of halogens is 2. The summed E-state index contributed by atoms with van der Waals surface area (Å²) < 4.78 is 61.5. The van der Waals surface area contributed by atoms with E-state index in [0.29, 0.717) is 31.6 Å². The van der Waals surface area contributed by atoms with E-state index in [1.54, 1.807) is 19.9 Å². The minimum Gasteiger partial charge on any atom is -0.482 e. The van der Waals surface area contributed by atoms with Crippen molar-refractivity contribution in [3.63, 3.8) is 0 Å². The number of sulfonamides is 1. The number of anilines is 1. The second kappa shape index (κ2) is 9.82. The molecule has 37 heavy (non-hydrogen) atoms. The summed E-state index contributed by atoms with van der Waals surface area (Å²) in [5.74, 6) is -0.926. The monoisotopic (exact) mass is 531 g/mol. The average molecular weight is 532 g/mol. The highest BCUT2D eigenvalue weighted by Gasteiger charge is 2.32. The van der Waals surface area contributed by atoms with E-state index in [1.807, 2.05) is 4.90 Å². The molecule has 0 N–H and O–H groups in total. The lowest BCUT2D eigenvalue weighted by atomic mass is 10.1. The van der Waals surface area contributed by atoms with Crippen molar-refractivity contribution >= 4 is 15.7 Å². The van der Waals surface area contributed by atoms with Crippen molar-refractivity contribution in [2.24, 2.45) is 0 Å². The zero-order valence-corrected chi connectivity index (χ0v) is 21.3. The number of hydrogen-bond acceptors (Lipinski definition) is 7. The van der Waals surface area contributed by atoms with Gasteiger partial charge < -0.3 is 9.64 Å². The molecule has 196 valence electrons. The minimum atomic E-state index is -3.40. The fourth-order valence-corrected chi connectivity index (χ4v) is 6.01. The standard InChI is InChI=1S/C25H27F2N5O4S/c1-16(2)37(34,35)31-7-5-30(6-8-31)23-15-29-32(21-12-20(27)13-28-14-21)25(33)24(23)36-22-10-17-3-4-19(26)9-18(17)11-22/h3-4,9,12-16,22H,5-8,10-11H2,1-2H3. The van der Waals surface area contributed by atoms with Gasteiger partial charge in [-0.05, 0) is 37.1 Å². The van der Waals surface area contributed by atoms with Gasteiger partial charge in [0.05, 0.1) is 29.5 Å². The summed E-state index contributed by atoms with van der Waals surface area (Å²) in [6.45, 7) is 4.47. The maximum absolute atomic E-state index is 13.8. The molecule has 0 bridgehead atoms. The number of nitrogens with zero attached hydrogens (tertiary/aromatic N) is 5. The van der Waals surface area contributed by atoms with Crippen LogP contribution in [-0.4, -0.2) is 65.0 Å². The zero-order valence-electron chi connectivity index (χ0n) is 20.5. The van der Waals surface area contributed by atoms with E-state index in [1.165, 1.54) is 28.8 Å². The van der Waals surface area contributed by atoms with Gasteiger partial charge in [0.25, 0.3) is 0 Å². The third-order valence-electron chi connectivity index (χ3n) is 6.73. The van der Waals surface area contributed by atoms with E-state index in [-0.39, 0.29) is 30.3 Å². The number of ether oxygens (including phenoxy) is 1. The molecule has 5 rings (SSSR count). The number of benzene rings is 1. The highest BCUT2D eigenvalue weighted by atomic mass is 32.2. The predicted octanol–water partition coefficient (Wildman–Crippen LogP) is 2.31. The highest BCUT2D eigenvalue weighted by molar-refractivity contribution is 7.89. The first-order valence-corrected chi connectivity index (χ1v) is 13.5. The van der Waals surface area contributed by atoms with Gasteiger partial charge in [0.2, 0.25) is 15.8 Å². The van der Waals surface area contributed by atoms with Gasteiger partial charge in [0, 0.05) is 45.1 Å². The molecule has 1 aromatic carbocycles. The Balaban J connectivity index is 1.47. The third-order valence-corrected chi connectivity index (χ3v) is 9.01. The van der Waals surface area contributed by atoms with Crippen LogP contribution in [0.1, 0.15) is 25.0 Å². The lowest BCUT2D eigenvalue weighted by Gasteiger charge is -2.36. The van der Waals surface area contributed by atoms with Crippen molar-refractivity contribution in [2.45, 2.75) is 38.0 Å². The van der Waals surface area contributed by atoms with Gasteiger partial charge in [-0.15, -0.1) is 0 Å². The van der Waals surface area contributed by atoms with Crippen LogP contribution in [0.5, 0.6) is 5.75 Å². The summed E-state index contributed by atoms with van der Waals surface area (Å²) in [6.07, 6.45) is 4.34. The fraction of sp³-hybridized carbons (Fsp3) is 0.400. The SMILES string of the molecule is CC(C)S(=O)(=O)N1CCN(c2cnn(-c3cncc(F)c3)c(=O)c2OC2Cc3ccc(F)cc3C2)CC1. The molecule has 0 radical (unpaired) electrons. The Hall–Kier alpha value is -3.38. The molecule has 0 amide bonds. The van der Waals surface area contributed by atoms with Crippen LogP contribution in [0.25, 0.3) is 5.69 Å². The average Bonchev–Trinajstić information content (AvgIpc) is 3.26. The van der Waals surface area contributed by atoms with Gasteiger partial charge in [0.15, 0.2) is 0 Å². The van der Waals surface area contributed by atoms with Crippen molar-refractivity contribution in [2.75, 3.05) is 31.1 Å². The summed E-state index contributed by atoms with van der Waals surface area (Å²) in [5.41, 5.74) is 1.75. The summed E-state index contributed by atoms with van der Waals surface area (Å²) >= 11 is 0. The summed E-state index contributed by atoms with van der Waals surface area (Å²) in [6, 6.07) is 5.73. The Bertz CT molecular complexity index is 1490. The van der Waals surface area contributed by atoms with Crippen LogP contribution in [0.15, 0.2) is 47.7 Å². The molecule has 9 nitrogen and oxygen atoms in total. The van der Waals surface area contributed by atoms with Gasteiger partial charge in [0.1, 0.15) is 23.4 Å². The smallest absolute Gasteiger partial charge is 0.316 e. The summed E-state index contributed by atoms with van der Waals surface area (Å²) in [7, 11) is -3.40. The largest absolute Gasteiger partial charge is 0.482 e. The van der Waals surface area contributed by atoms with Gasteiger partial charge in [-0.3, -0.25) is 9.78 Å². The van der Waals surface area contributed by atoms with Crippen LogP contribution in [0.2, 0.25) is 0 Å². The number of piperazine rings is 1. The van der Waals surface area contributed by atoms with Crippen molar-refractivity contribution < 1.29 is 21.9 Å². The minimum absolute atomic E-state index is 0.0257. The maximum atomic E-state index is 13.8. The predicted molar refractivity (Wildman–Crippen MR) is 134 cm³/mol. The van der Waals surface area contributed by atoms with Crippen LogP contribution >= 0.6 is 0 Å². The summed E-state index contributed by atoms with van der Waals surface area (Å²) in [5, 5.41) is 3.71. The topological polar surface area (TPSA) is 97.6 Å². The van der Waals surface area contributed by atoms with Gasteiger partial charge in [-0.1, -0.05) is 6.07 Å². The first-order valence-electron chi connectivity index (χ1n) is 12.0. The first kappa shape index (κ1) is 25.3. The molecule has 3 heterocycles. The van der Waals surface area contributed by atoms with E-state index in [2.05, 4.69) is 10.1 Å². The molecule has 1 unspecified atom stereocenters. The summed E-state index contributed by atoms with van der Waals surface area (Å²) in [4.78, 5) is 19.3. The molecular formula is C25H27F2N5O4S. The Kier molecular flexibility index (Phi) is 6.71. The van der Waals surface area contributed by atoms with E-state index in [9.17, 15) is 22.0 Å². The Labute approximate surface area is 213 Å². The molecule has 2 aliphatic rings. The normalized spacial score (nSPS) is 18.3. The van der Waals surface area contributed by atoms with Crippen molar-refractivity contribution in [1.82, 2.24) is 19.1 Å². The Morgan fingerprint density at radius 2 is 1.70 bits per heavy atom. The van der Waals surface area contributed by atoms with Crippen LogP contribution in [-0.2, 0) is 22.9 Å². The molecular weight excluding hydrogens is 504 g/mol. The van der Waals surface area contributed by atoms with E-state index < -0.39 is 32.8 Å². The second-order valence-corrected chi connectivity index (χ2v) is 12.0. The van der Waals surface area contributed by atoms with E-state index >= 15 is 0 Å². The van der Waals surface area contributed by atoms with Gasteiger partial charge in [-0.25, -0.2) is 17.2 Å². The zero-order chi connectivity index (χ0) is 26.3. The number of aromatic nitrogens is 3. The molecule has 12 heteroatoms. The van der Waals surface area contributed by atoms with Crippen molar-refractivity contribution in [1.29, 1.82) is 0 Å². The molecule has 1 aliphatic carbocycles. The maximum Gasteiger partial charge on any atom is 0.316 e. The van der Waals surface area contributed by atoms with Crippen molar-refractivity contribution in [3.05, 3.63) is 76.0 Å². The van der Waals surface area contributed by atoms with Crippen LogP contribution in [0, 0.1) is 11.6 Å². The number of rotatable bonds is 6. The quantitative estimate of drug-likeness (QED) is 0.482. The van der Waals surface area contributed by atoms with Crippen LogP contribution in [0.3, 0.4) is 0 Å². The molecule has 0 spiro atoms. The van der Waals surface area contributed by atoms with Gasteiger partial charge in [-0.2, -0.15) is 14.1 Å². The Morgan fingerprint density at radius 1 is 0.973 bits per heavy atom. The van der Waals surface area contributed by atoms with E-state index in [4.69, 9.17) is 4.74 Å². The lowest BCUT2D eigenvalue weighted by molar-refractivity contribution is 0.209. The second-order valence-electron chi connectivity index (χ2n) is 9.48. The fourth-order valence-electron chi connectivity index (χ4n) is 4.74. The third kappa shape index (κ3) is 4.95. The molecule has 2 aromatic heterocycles. The molecule has 1 aliphatic heterocycles.